The van der Waals surface area contributed by atoms with E-state index < -0.39 is 23.8 Å². The molecule has 2 saturated heterocycles. The molecule has 0 radical (unpaired) electrons. The molecule has 12 heteroatoms. The van der Waals surface area contributed by atoms with Crippen molar-refractivity contribution in [1.82, 2.24) is 15.6 Å². The second-order valence-electron chi connectivity index (χ2n) is 7.22. The van der Waals surface area contributed by atoms with Gasteiger partial charge in [-0.3, -0.25) is 14.7 Å². The predicted octanol–water partition coefficient (Wildman–Crippen LogP) is 0.633. The molecule has 0 spiro atoms. The number of cyclic esters (lactones) is 1. The molecule has 31 heavy (non-hydrogen) atoms. The zero-order valence-electron chi connectivity index (χ0n) is 16.6. The Morgan fingerprint density at radius 1 is 1.26 bits per heavy atom. The van der Waals surface area contributed by atoms with E-state index in [2.05, 4.69) is 10.6 Å². The fourth-order valence-corrected chi connectivity index (χ4v) is 3.61. The number of nitrogens with one attached hydrogen (secondary N) is 1. The molecule has 2 fully saturated rings. The van der Waals surface area contributed by atoms with E-state index in [-0.39, 0.29) is 56.4 Å². The van der Waals surface area contributed by atoms with Gasteiger partial charge in [0.15, 0.2) is 11.6 Å². The minimum Gasteiger partial charge on any atom is -0.443 e. The number of carbonyl (C=O) groups is 2. The normalized spacial score (nSPS) is 19.5. The maximum absolute atomic E-state index is 14.9. The van der Waals surface area contributed by atoms with E-state index in [4.69, 9.17) is 15.0 Å². The lowest BCUT2D eigenvalue weighted by Crippen LogP contribution is -2.44. The van der Waals surface area contributed by atoms with Crippen LogP contribution in [0.25, 0.3) is 0 Å². The molecule has 2 aliphatic rings. The van der Waals surface area contributed by atoms with Crippen molar-refractivity contribution in [1.29, 1.82) is 0 Å². The van der Waals surface area contributed by atoms with Crippen molar-refractivity contribution in [2.45, 2.75) is 12.5 Å². The van der Waals surface area contributed by atoms with Crippen molar-refractivity contribution in [3.8, 4) is 0 Å². The first-order chi connectivity index (χ1) is 15.0. The summed E-state index contributed by atoms with van der Waals surface area (Å²) in [7, 11) is 0. The highest BCUT2D eigenvalue weighted by Crippen LogP contribution is 2.31. The molecule has 2 aromatic rings. The highest BCUT2D eigenvalue weighted by molar-refractivity contribution is 5.90. The summed E-state index contributed by atoms with van der Waals surface area (Å²) < 4.78 is 39.5. The maximum atomic E-state index is 14.9. The van der Waals surface area contributed by atoms with Crippen LogP contribution in [0.4, 0.5) is 25.0 Å². The fraction of sp³-hybridized carbons (Fsp3) is 0.421. The van der Waals surface area contributed by atoms with Gasteiger partial charge >= 0.3 is 6.09 Å². The van der Waals surface area contributed by atoms with Gasteiger partial charge < -0.3 is 19.9 Å². The number of hydrogen-bond donors (Lipinski definition) is 2. The van der Waals surface area contributed by atoms with Crippen molar-refractivity contribution in [2.75, 3.05) is 49.1 Å². The Kier molecular flexibility index (Phi) is 6.00. The average molecular weight is 436 g/mol. The average Bonchev–Trinajstić information content (AvgIpc) is 3.31. The molecular weight excluding hydrogens is 414 g/mol. The Balaban J connectivity index is 1.46. The van der Waals surface area contributed by atoms with Crippen LogP contribution in [0, 0.1) is 11.6 Å². The number of amides is 2. The first kappa shape index (κ1) is 21.0. The molecule has 0 unspecified atom stereocenters. The van der Waals surface area contributed by atoms with E-state index in [0.29, 0.717) is 12.2 Å². The van der Waals surface area contributed by atoms with Gasteiger partial charge in [-0.1, -0.05) is 5.16 Å². The maximum Gasteiger partial charge on any atom is 0.414 e. The van der Waals surface area contributed by atoms with Crippen molar-refractivity contribution >= 4 is 23.4 Å². The largest absolute Gasteiger partial charge is 0.443 e. The molecule has 3 heterocycles. The van der Waals surface area contributed by atoms with E-state index in [1.54, 1.807) is 6.07 Å². The molecule has 0 aliphatic carbocycles. The summed E-state index contributed by atoms with van der Waals surface area (Å²) >= 11 is 0. The fourth-order valence-electron chi connectivity index (χ4n) is 3.61. The quantitative estimate of drug-likeness (QED) is 0.701. The van der Waals surface area contributed by atoms with Crippen molar-refractivity contribution in [3.63, 3.8) is 0 Å². The molecule has 1 aromatic heterocycles. The molecule has 4 rings (SSSR count). The third kappa shape index (κ3) is 4.44. The van der Waals surface area contributed by atoms with Crippen LogP contribution < -0.4 is 21.0 Å². The van der Waals surface area contributed by atoms with Crippen LogP contribution in [0.2, 0.25) is 0 Å². The third-order valence-corrected chi connectivity index (χ3v) is 5.17. The lowest BCUT2D eigenvalue weighted by molar-refractivity contribution is -0.133. The smallest absolute Gasteiger partial charge is 0.414 e. The molecule has 1 atom stereocenters. The summed E-state index contributed by atoms with van der Waals surface area (Å²) in [4.78, 5) is 27.1. The van der Waals surface area contributed by atoms with E-state index in [0.717, 1.165) is 17.0 Å². The highest BCUT2D eigenvalue weighted by Gasteiger charge is 2.33. The molecule has 10 nitrogen and oxygen atoms in total. The van der Waals surface area contributed by atoms with Gasteiger partial charge in [0, 0.05) is 44.4 Å². The van der Waals surface area contributed by atoms with Gasteiger partial charge in [-0.15, -0.1) is 0 Å². The van der Waals surface area contributed by atoms with E-state index in [9.17, 15) is 18.4 Å². The first-order valence-corrected chi connectivity index (χ1v) is 9.81. The summed E-state index contributed by atoms with van der Waals surface area (Å²) in [5.74, 6) is -1.84. The standard InChI is InChI=1S/C19H22F2N6O4/c20-15-8-13(26-11-14(10-22)31-19(26)29)9-16(21)18(15)25-3-2-23-27(5-4-25)17(28)7-12-1-6-30-24-12/h1,6,8-9,14,23H,2-5,7,10-11,22H2/t14-/m0/s1. The predicted molar refractivity (Wildman–Crippen MR) is 105 cm³/mol. The van der Waals surface area contributed by atoms with Crippen LogP contribution in [0.1, 0.15) is 5.69 Å². The molecule has 3 N–H and O–H groups in total. The lowest BCUT2D eigenvalue weighted by atomic mass is 10.2. The molecule has 1 aromatic carbocycles. The van der Waals surface area contributed by atoms with Crippen LogP contribution in [-0.4, -0.2) is 67.5 Å². The van der Waals surface area contributed by atoms with Gasteiger partial charge in [0.1, 0.15) is 18.1 Å². The highest BCUT2D eigenvalue weighted by atomic mass is 19.1. The number of ether oxygens (including phenoxy) is 1. The third-order valence-electron chi connectivity index (χ3n) is 5.17. The molecule has 0 bridgehead atoms. The minimum absolute atomic E-state index is 0.0522. The minimum atomic E-state index is -0.804. The number of benzene rings is 1. The van der Waals surface area contributed by atoms with Crippen molar-refractivity contribution in [3.05, 3.63) is 41.8 Å². The van der Waals surface area contributed by atoms with Gasteiger partial charge in [0.25, 0.3) is 0 Å². The monoisotopic (exact) mass is 436 g/mol. The summed E-state index contributed by atoms with van der Waals surface area (Å²) in [5, 5.41) is 5.12. The zero-order valence-corrected chi connectivity index (χ0v) is 16.6. The molecule has 166 valence electrons. The topological polar surface area (TPSA) is 117 Å². The molecule has 2 aliphatic heterocycles. The summed E-state index contributed by atoms with van der Waals surface area (Å²) in [6, 6.07) is 3.80. The van der Waals surface area contributed by atoms with E-state index >= 15 is 0 Å². The van der Waals surface area contributed by atoms with Crippen molar-refractivity contribution in [2.24, 2.45) is 5.73 Å². The summed E-state index contributed by atoms with van der Waals surface area (Å²) in [6.07, 6.45) is 0.224. The van der Waals surface area contributed by atoms with E-state index in [1.807, 2.05) is 0 Å². The van der Waals surface area contributed by atoms with Gasteiger partial charge in [-0.2, -0.15) is 0 Å². The van der Waals surface area contributed by atoms with Crippen LogP contribution >= 0.6 is 0 Å². The van der Waals surface area contributed by atoms with Gasteiger partial charge in [-0.05, 0) is 0 Å². The number of nitrogens with zero attached hydrogens (tertiary/aromatic N) is 4. The number of hydrogen-bond acceptors (Lipinski definition) is 8. The Morgan fingerprint density at radius 2 is 2.03 bits per heavy atom. The first-order valence-electron chi connectivity index (χ1n) is 9.81. The van der Waals surface area contributed by atoms with Crippen LogP contribution in [-0.2, 0) is 16.0 Å². The summed E-state index contributed by atoms with van der Waals surface area (Å²) in [6.45, 7) is 1.27. The number of anilines is 2. The number of rotatable bonds is 5. The number of aromatic nitrogens is 1. The number of hydrazine groups is 1. The number of nitrogens with two attached hydrogens (primary N) is 1. The Bertz CT molecular complexity index is 934. The molecule has 0 saturated carbocycles. The SMILES string of the molecule is NC[C@H]1CN(c2cc(F)c(N3CCNN(C(=O)Cc4ccon4)CC3)c(F)c2)C(=O)O1. The van der Waals surface area contributed by atoms with E-state index in [1.165, 1.54) is 16.2 Å². The second kappa shape index (κ2) is 8.86. The summed E-state index contributed by atoms with van der Waals surface area (Å²) in [5.41, 5.74) is 8.82. The Morgan fingerprint density at radius 3 is 2.68 bits per heavy atom. The van der Waals surface area contributed by atoms with Crippen molar-refractivity contribution < 1.29 is 27.6 Å². The van der Waals surface area contributed by atoms with Gasteiger partial charge in [0.05, 0.1) is 30.9 Å². The van der Waals surface area contributed by atoms with Crippen LogP contribution in [0.3, 0.4) is 0 Å². The van der Waals surface area contributed by atoms with Gasteiger partial charge in [0.2, 0.25) is 5.91 Å². The Labute approximate surface area is 176 Å². The zero-order chi connectivity index (χ0) is 22.0. The lowest BCUT2D eigenvalue weighted by Gasteiger charge is -2.25. The second-order valence-corrected chi connectivity index (χ2v) is 7.22. The molecule has 2 amide bonds. The van der Waals surface area contributed by atoms with Crippen LogP contribution in [0.5, 0.6) is 0 Å². The van der Waals surface area contributed by atoms with Gasteiger partial charge in [-0.25, -0.2) is 19.0 Å². The van der Waals surface area contributed by atoms with Crippen LogP contribution in [0.15, 0.2) is 29.0 Å². The Hall–Kier alpha value is -3.25. The number of halogens is 2. The number of carbonyl (C=O) groups excluding carboxylic acids is 2. The molecular formula is C19H22F2N6O4.